The molecule has 0 fully saturated rings. The molecule has 0 aromatic carbocycles. The average Bonchev–Trinajstić information content (AvgIpc) is 2.13. The summed E-state index contributed by atoms with van der Waals surface area (Å²) in [7, 11) is 0. The van der Waals surface area contributed by atoms with Gasteiger partial charge in [0.1, 0.15) is 5.60 Å². The zero-order chi connectivity index (χ0) is 6.91. The summed E-state index contributed by atoms with van der Waals surface area (Å²) in [5, 5.41) is 0. The fourth-order valence-electron chi connectivity index (χ4n) is 0.884. The summed E-state index contributed by atoms with van der Waals surface area (Å²) < 4.78 is 5.45. The Morgan fingerprint density at radius 1 is 1.78 bits per heavy atom. The molecule has 0 amide bonds. The quantitative estimate of drug-likeness (QED) is 0.524. The minimum Gasteiger partial charge on any atom is -0.473 e. The zero-order valence-corrected chi connectivity index (χ0v) is 6.27. The van der Waals surface area contributed by atoms with Gasteiger partial charge in [-0.2, -0.15) is 0 Å². The third-order valence-corrected chi connectivity index (χ3v) is 1.78. The Labute approximate surface area is 55.9 Å². The molecular formula is C7H13NO. The Balaban J connectivity index is 2.53. The number of nitrogens with zero attached hydrogens (tertiary/aromatic N) is 1. The van der Waals surface area contributed by atoms with Crippen molar-refractivity contribution in [2.75, 3.05) is 6.54 Å². The van der Waals surface area contributed by atoms with E-state index in [0.29, 0.717) is 0 Å². The van der Waals surface area contributed by atoms with E-state index in [4.69, 9.17) is 4.74 Å². The van der Waals surface area contributed by atoms with Crippen LogP contribution in [0.3, 0.4) is 0 Å². The summed E-state index contributed by atoms with van der Waals surface area (Å²) in [5.41, 5.74) is 0.00405. The Hall–Kier alpha value is -0.530. The number of rotatable bonds is 1. The summed E-state index contributed by atoms with van der Waals surface area (Å²) in [6.45, 7) is 6.94. The molecule has 0 spiro atoms. The van der Waals surface area contributed by atoms with Gasteiger partial charge in [-0.1, -0.05) is 6.92 Å². The van der Waals surface area contributed by atoms with E-state index in [1.54, 1.807) is 0 Å². The van der Waals surface area contributed by atoms with Crippen molar-refractivity contribution in [3.05, 3.63) is 0 Å². The van der Waals surface area contributed by atoms with Gasteiger partial charge in [-0.15, -0.1) is 0 Å². The van der Waals surface area contributed by atoms with Crippen molar-refractivity contribution in [2.45, 2.75) is 32.8 Å². The summed E-state index contributed by atoms with van der Waals surface area (Å²) in [5.74, 6) is 0.833. The molecule has 52 valence electrons. The smallest absolute Gasteiger partial charge is 0.180 e. The molecule has 1 aliphatic heterocycles. The molecular weight excluding hydrogens is 114 g/mol. The molecule has 0 saturated carbocycles. The highest BCUT2D eigenvalue weighted by Crippen LogP contribution is 2.20. The van der Waals surface area contributed by atoms with E-state index >= 15 is 0 Å². The lowest BCUT2D eigenvalue weighted by Gasteiger charge is -2.20. The Morgan fingerprint density at radius 3 is 2.67 bits per heavy atom. The van der Waals surface area contributed by atoms with Crippen LogP contribution in [-0.4, -0.2) is 18.0 Å². The maximum absolute atomic E-state index is 5.45. The van der Waals surface area contributed by atoms with Gasteiger partial charge in [-0.25, -0.2) is 0 Å². The summed E-state index contributed by atoms with van der Waals surface area (Å²) in [6, 6.07) is 0. The van der Waals surface area contributed by atoms with Crippen molar-refractivity contribution in [3.63, 3.8) is 0 Å². The van der Waals surface area contributed by atoms with Crippen molar-refractivity contribution in [1.29, 1.82) is 0 Å². The van der Waals surface area contributed by atoms with Crippen LogP contribution >= 0.6 is 0 Å². The minimum atomic E-state index is 0.00405. The molecule has 0 aliphatic carbocycles. The Kier molecular flexibility index (Phi) is 1.47. The highest BCUT2D eigenvalue weighted by atomic mass is 16.5. The average molecular weight is 127 g/mol. The predicted octanol–water partition coefficient (Wildman–Crippen LogP) is 1.60. The van der Waals surface area contributed by atoms with Gasteiger partial charge in [0.25, 0.3) is 0 Å². The fraction of sp³-hybridized carbons (Fsp3) is 0.857. The van der Waals surface area contributed by atoms with Crippen LogP contribution in [0.5, 0.6) is 0 Å². The first-order valence-corrected chi connectivity index (χ1v) is 3.36. The second-order valence-corrected chi connectivity index (χ2v) is 2.74. The largest absolute Gasteiger partial charge is 0.473 e. The maximum Gasteiger partial charge on any atom is 0.180 e. The molecule has 0 N–H and O–H groups in total. The van der Waals surface area contributed by atoms with E-state index in [9.17, 15) is 0 Å². The third-order valence-electron chi connectivity index (χ3n) is 1.78. The molecule has 9 heavy (non-hydrogen) atoms. The second-order valence-electron chi connectivity index (χ2n) is 2.74. The summed E-state index contributed by atoms with van der Waals surface area (Å²) in [6.07, 6.45) is 1.04. The first-order chi connectivity index (χ1) is 4.16. The minimum absolute atomic E-state index is 0.00405. The van der Waals surface area contributed by atoms with Crippen molar-refractivity contribution in [2.24, 2.45) is 4.99 Å². The Morgan fingerprint density at radius 2 is 2.44 bits per heavy atom. The molecule has 0 aromatic rings. The molecule has 2 heteroatoms. The van der Waals surface area contributed by atoms with Crippen LogP contribution in [0, 0.1) is 0 Å². The molecule has 1 rings (SSSR count). The van der Waals surface area contributed by atoms with Crippen LogP contribution in [0.4, 0.5) is 0 Å². The van der Waals surface area contributed by atoms with E-state index in [-0.39, 0.29) is 5.60 Å². The first-order valence-electron chi connectivity index (χ1n) is 3.36. The van der Waals surface area contributed by atoms with E-state index in [2.05, 4.69) is 18.8 Å². The second kappa shape index (κ2) is 2.01. The van der Waals surface area contributed by atoms with Crippen LogP contribution in [0.2, 0.25) is 0 Å². The normalized spacial score (nSPS) is 33.9. The first kappa shape index (κ1) is 6.59. The van der Waals surface area contributed by atoms with Crippen molar-refractivity contribution in [3.8, 4) is 0 Å². The van der Waals surface area contributed by atoms with Crippen molar-refractivity contribution in [1.82, 2.24) is 0 Å². The van der Waals surface area contributed by atoms with E-state index in [0.717, 1.165) is 18.9 Å². The van der Waals surface area contributed by atoms with Gasteiger partial charge >= 0.3 is 0 Å². The Bertz CT molecular complexity index is 142. The third kappa shape index (κ3) is 1.23. The van der Waals surface area contributed by atoms with Gasteiger partial charge in [-0.05, 0) is 13.3 Å². The van der Waals surface area contributed by atoms with Gasteiger partial charge in [0, 0.05) is 6.92 Å². The number of aliphatic imine (C=N–C) groups is 1. The highest BCUT2D eigenvalue weighted by molar-refractivity contribution is 5.75. The maximum atomic E-state index is 5.45. The lowest BCUT2D eigenvalue weighted by Crippen LogP contribution is -2.27. The van der Waals surface area contributed by atoms with Gasteiger partial charge in [0.05, 0.1) is 6.54 Å². The molecule has 0 radical (unpaired) electrons. The van der Waals surface area contributed by atoms with Crippen LogP contribution in [0.1, 0.15) is 27.2 Å². The predicted molar refractivity (Wildman–Crippen MR) is 37.8 cm³/mol. The lowest BCUT2D eigenvalue weighted by molar-refractivity contribution is 0.103. The van der Waals surface area contributed by atoms with Crippen LogP contribution in [0.15, 0.2) is 4.99 Å². The molecule has 0 aromatic heterocycles. The van der Waals surface area contributed by atoms with Gasteiger partial charge in [0.2, 0.25) is 0 Å². The van der Waals surface area contributed by atoms with E-state index in [1.807, 2.05) is 6.92 Å². The molecule has 1 atom stereocenters. The van der Waals surface area contributed by atoms with Crippen LogP contribution in [0.25, 0.3) is 0 Å². The molecule has 0 bridgehead atoms. The summed E-state index contributed by atoms with van der Waals surface area (Å²) >= 11 is 0. The highest BCUT2D eigenvalue weighted by Gasteiger charge is 2.28. The van der Waals surface area contributed by atoms with Crippen molar-refractivity contribution < 1.29 is 4.74 Å². The van der Waals surface area contributed by atoms with Crippen molar-refractivity contribution >= 4 is 5.90 Å². The zero-order valence-electron chi connectivity index (χ0n) is 6.27. The molecule has 1 heterocycles. The standard InChI is InChI=1S/C7H13NO/c1-4-7(3)5-8-6(2)9-7/h4-5H2,1-3H3. The van der Waals surface area contributed by atoms with Crippen LogP contribution in [-0.2, 0) is 4.74 Å². The van der Waals surface area contributed by atoms with E-state index in [1.165, 1.54) is 0 Å². The van der Waals surface area contributed by atoms with Crippen LogP contribution < -0.4 is 0 Å². The number of hydrogen-bond acceptors (Lipinski definition) is 2. The topological polar surface area (TPSA) is 21.6 Å². The summed E-state index contributed by atoms with van der Waals surface area (Å²) in [4.78, 5) is 4.15. The van der Waals surface area contributed by atoms with Gasteiger partial charge in [-0.3, -0.25) is 4.99 Å². The van der Waals surface area contributed by atoms with Gasteiger partial charge < -0.3 is 4.74 Å². The molecule has 0 saturated heterocycles. The SMILES string of the molecule is CCC1(C)CN=C(C)O1. The van der Waals surface area contributed by atoms with E-state index < -0.39 is 0 Å². The molecule has 1 unspecified atom stereocenters. The fourth-order valence-corrected chi connectivity index (χ4v) is 0.884. The lowest BCUT2D eigenvalue weighted by atomic mass is 10.1. The number of hydrogen-bond donors (Lipinski definition) is 0. The van der Waals surface area contributed by atoms with Gasteiger partial charge in [0.15, 0.2) is 5.90 Å². The molecule has 2 nitrogen and oxygen atoms in total. The monoisotopic (exact) mass is 127 g/mol. The molecule has 1 aliphatic rings. The number of ether oxygens (including phenoxy) is 1.